The van der Waals surface area contributed by atoms with Gasteiger partial charge in [0, 0.05) is 11.1 Å². The van der Waals surface area contributed by atoms with Crippen LogP contribution in [0.2, 0.25) is 5.02 Å². The molecule has 0 aliphatic heterocycles. The van der Waals surface area contributed by atoms with E-state index in [1.807, 2.05) is 6.92 Å². The summed E-state index contributed by atoms with van der Waals surface area (Å²) in [5.41, 5.74) is 1.79. The molecule has 1 saturated carbocycles. The van der Waals surface area contributed by atoms with Crippen molar-refractivity contribution in [1.29, 1.82) is 0 Å². The van der Waals surface area contributed by atoms with E-state index >= 15 is 0 Å². The molecule has 2 aromatic rings. The molecule has 142 valence electrons. The van der Waals surface area contributed by atoms with Crippen molar-refractivity contribution in [3.63, 3.8) is 0 Å². The van der Waals surface area contributed by atoms with Gasteiger partial charge in [0.15, 0.2) is 6.61 Å². The molecule has 1 fully saturated rings. The second-order valence-corrected chi connectivity index (χ2v) is 7.18. The van der Waals surface area contributed by atoms with Gasteiger partial charge in [0.1, 0.15) is 5.75 Å². The zero-order valence-electron chi connectivity index (χ0n) is 15.3. The summed E-state index contributed by atoms with van der Waals surface area (Å²) in [6, 6.07) is 12.4. The number of ether oxygens (including phenoxy) is 1. The Labute approximate surface area is 164 Å². The van der Waals surface area contributed by atoms with Gasteiger partial charge in [0.25, 0.3) is 11.8 Å². The lowest BCUT2D eigenvalue weighted by atomic mass is 10.1. The van der Waals surface area contributed by atoms with E-state index in [4.69, 9.17) is 16.3 Å². The molecule has 2 amide bonds. The predicted molar refractivity (Wildman–Crippen MR) is 106 cm³/mol. The first-order valence-corrected chi connectivity index (χ1v) is 9.49. The third kappa shape index (κ3) is 5.23. The molecule has 3 rings (SSSR count). The third-order valence-electron chi connectivity index (χ3n) is 4.63. The van der Waals surface area contributed by atoms with E-state index < -0.39 is 0 Å². The molecule has 0 atom stereocenters. The Morgan fingerprint density at radius 1 is 1.15 bits per heavy atom. The van der Waals surface area contributed by atoms with Crippen LogP contribution in [0, 0.1) is 6.92 Å². The van der Waals surface area contributed by atoms with Gasteiger partial charge in [-0.1, -0.05) is 36.6 Å². The van der Waals surface area contributed by atoms with Crippen LogP contribution in [0.25, 0.3) is 0 Å². The van der Waals surface area contributed by atoms with E-state index in [9.17, 15) is 9.59 Å². The molecule has 6 heteroatoms. The van der Waals surface area contributed by atoms with Gasteiger partial charge in [-0.2, -0.15) is 0 Å². The van der Waals surface area contributed by atoms with Gasteiger partial charge in [0.05, 0.1) is 11.3 Å². The molecule has 0 bridgehead atoms. The molecule has 1 aliphatic rings. The van der Waals surface area contributed by atoms with E-state index in [1.54, 1.807) is 42.5 Å². The Kier molecular flexibility index (Phi) is 6.35. The number of hydrogen-bond donors (Lipinski definition) is 2. The van der Waals surface area contributed by atoms with Gasteiger partial charge in [-0.15, -0.1) is 0 Å². The van der Waals surface area contributed by atoms with Gasteiger partial charge in [-0.05, 0) is 55.7 Å². The van der Waals surface area contributed by atoms with Crippen LogP contribution in [0.5, 0.6) is 5.75 Å². The number of aryl methyl sites for hydroxylation is 1. The maximum atomic E-state index is 12.6. The molecule has 0 heterocycles. The lowest BCUT2D eigenvalue weighted by Gasteiger charge is -2.15. The van der Waals surface area contributed by atoms with Gasteiger partial charge in [-0.25, -0.2) is 0 Å². The molecule has 2 N–H and O–H groups in total. The molecule has 1 aliphatic carbocycles. The Morgan fingerprint density at radius 3 is 2.63 bits per heavy atom. The standard InChI is InChI=1S/C21H23ClN2O3/c1-14-12-15(22)10-11-19(14)27-13-20(25)24-18-9-5-4-8-17(18)21(26)23-16-6-2-3-7-16/h4-5,8-12,16H,2-3,6-7,13H2,1H3,(H,23,26)(H,24,25). The number of carbonyl (C=O) groups is 2. The van der Waals surface area contributed by atoms with Gasteiger partial charge in [-0.3, -0.25) is 9.59 Å². The van der Waals surface area contributed by atoms with Crippen LogP contribution in [-0.4, -0.2) is 24.5 Å². The quantitative estimate of drug-likeness (QED) is 0.776. The second kappa shape index (κ2) is 8.91. The van der Waals surface area contributed by atoms with Crippen molar-refractivity contribution in [2.75, 3.05) is 11.9 Å². The van der Waals surface area contributed by atoms with E-state index in [1.165, 1.54) is 0 Å². The number of carbonyl (C=O) groups excluding carboxylic acids is 2. The fraction of sp³-hybridized carbons (Fsp3) is 0.333. The maximum absolute atomic E-state index is 12.6. The highest BCUT2D eigenvalue weighted by atomic mass is 35.5. The molecule has 0 saturated heterocycles. The minimum Gasteiger partial charge on any atom is -0.483 e. The minimum atomic E-state index is -0.328. The SMILES string of the molecule is Cc1cc(Cl)ccc1OCC(=O)Nc1ccccc1C(=O)NC1CCCC1. The molecule has 0 aromatic heterocycles. The average Bonchev–Trinajstić information content (AvgIpc) is 3.14. The Bertz CT molecular complexity index is 832. The van der Waals surface area contributed by atoms with Crippen LogP contribution in [-0.2, 0) is 4.79 Å². The van der Waals surface area contributed by atoms with Crippen molar-refractivity contribution < 1.29 is 14.3 Å². The highest BCUT2D eigenvalue weighted by Gasteiger charge is 2.20. The lowest BCUT2D eigenvalue weighted by Crippen LogP contribution is -2.33. The van der Waals surface area contributed by atoms with Gasteiger partial charge >= 0.3 is 0 Å². The Hall–Kier alpha value is -2.53. The fourth-order valence-corrected chi connectivity index (χ4v) is 3.45. The number of para-hydroxylation sites is 1. The molecule has 0 unspecified atom stereocenters. The zero-order chi connectivity index (χ0) is 19.2. The zero-order valence-corrected chi connectivity index (χ0v) is 16.0. The summed E-state index contributed by atoms with van der Waals surface area (Å²) in [6.45, 7) is 1.71. The van der Waals surface area contributed by atoms with Crippen LogP contribution < -0.4 is 15.4 Å². The fourth-order valence-electron chi connectivity index (χ4n) is 3.23. The van der Waals surface area contributed by atoms with Crippen molar-refractivity contribution in [3.8, 4) is 5.75 Å². The van der Waals surface area contributed by atoms with Crippen molar-refractivity contribution >= 4 is 29.1 Å². The van der Waals surface area contributed by atoms with Crippen molar-refractivity contribution in [2.24, 2.45) is 0 Å². The van der Waals surface area contributed by atoms with Crippen LogP contribution in [0.15, 0.2) is 42.5 Å². The normalized spacial score (nSPS) is 14.0. The topological polar surface area (TPSA) is 67.4 Å². The van der Waals surface area contributed by atoms with Crippen LogP contribution in [0.4, 0.5) is 5.69 Å². The summed E-state index contributed by atoms with van der Waals surface area (Å²) in [5.74, 6) is 0.111. The monoisotopic (exact) mass is 386 g/mol. The number of rotatable bonds is 6. The molecule has 0 radical (unpaired) electrons. The summed E-state index contributed by atoms with van der Waals surface area (Å²) < 4.78 is 5.56. The number of hydrogen-bond acceptors (Lipinski definition) is 3. The highest BCUT2D eigenvalue weighted by Crippen LogP contribution is 2.22. The molecule has 27 heavy (non-hydrogen) atoms. The van der Waals surface area contributed by atoms with Gasteiger partial charge in [0.2, 0.25) is 0 Å². The third-order valence-corrected chi connectivity index (χ3v) is 4.87. The van der Waals surface area contributed by atoms with E-state index in [0.29, 0.717) is 22.0 Å². The maximum Gasteiger partial charge on any atom is 0.262 e. The summed E-state index contributed by atoms with van der Waals surface area (Å²) in [4.78, 5) is 24.8. The molecule has 0 spiro atoms. The first kappa shape index (κ1) is 19.2. The molecular weight excluding hydrogens is 364 g/mol. The second-order valence-electron chi connectivity index (χ2n) is 6.75. The Morgan fingerprint density at radius 2 is 1.89 bits per heavy atom. The van der Waals surface area contributed by atoms with Crippen LogP contribution >= 0.6 is 11.6 Å². The number of amides is 2. The molecular formula is C21H23ClN2O3. The summed E-state index contributed by atoms with van der Waals surface area (Å²) in [5, 5.41) is 6.43. The van der Waals surface area contributed by atoms with Gasteiger partial charge < -0.3 is 15.4 Å². The smallest absolute Gasteiger partial charge is 0.262 e. The first-order chi connectivity index (χ1) is 13.0. The van der Waals surface area contributed by atoms with Crippen molar-refractivity contribution in [3.05, 3.63) is 58.6 Å². The summed E-state index contributed by atoms with van der Waals surface area (Å²) in [7, 11) is 0. The van der Waals surface area contributed by atoms with Crippen molar-refractivity contribution in [2.45, 2.75) is 38.6 Å². The van der Waals surface area contributed by atoms with E-state index in [2.05, 4.69) is 10.6 Å². The van der Waals surface area contributed by atoms with E-state index in [-0.39, 0.29) is 24.5 Å². The van der Waals surface area contributed by atoms with Crippen molar-refractivity contribution in [1.82, 2.24) is 5.32 Å². The number of halogens is 1. The number of benzene rings is 2. The van der Waals surface area contributed by atoms with Crippen LogP contribution in [0.3, 0.4) is 0 Å². The Balaban J connectivity index is 1.61. The lowest BCUT2D eigenvalue weighted by molar-refractivity contribution is -0.118. The summed E-state index contributed by atoms with van der Waals surface area (Å²) in [6.07, 6.45) is 4.30. The average molecular weight is 387 g/mol. The highest BCUT2D eigenvalue weighted by molar-refractivity contribution is 6.30. The summed E-state index contributed by atoms with van der Waals surface area (Å²) >= 11 is 5.92. The number of nitrogens with one attached hydrogen (secondary N) is 2. The molecule has 2 aromatic carbocycles. The first-order valence-electron chi connectivity index (χ1n) is 9.11. The molecule has 5 nitrogen and oxygen atoms in total. The number of anilines is 1. The largest absolute Gasteiger partial charge is 0.483 e. The minimum absolute atomic E-state index is 0.152. The van der Waals surface area contributed by atoms with E-state index in [0.717, 1.165) is 31.2 Å². The predicted octanol–water partition coefficient (Wildman–Crippen LogP) is 4.34. The van der Waals surface area contributed by atoms with Crippen LogP contribution in [0.1, 0.15) is 41.6 Å².